The van der Waals surface area contributed by atoms with Crippen molar-refractivity contribution >= 4 is 110 Å². The fourth-order valence-electron chi connectivity index (χ4n) is 3.28. The highest BCUT2D eigenvalue weighted by molar-refractivity contribution is 8.70. The number of carbonyl (C=O) groups is 3. The molecule has 0 bridgehead atoms. The van der Waals surface area contributed by atoms with Crippen molar-refractivity contribution < 1.29 is 23.9 Å². The van der Waals surface area contributed by atoms with Gasteiger partial charge in [-0.2, -0.15) is 5.26 Å². The number of nitrogens with zero attached hydrogens (tertiary/aromatic N) is 1. The second-order valence-electron chi connectivity index (χ2n) is 7.32. The molecular formula is C22H32N2O5S9. The molecule has 0 saturated heterocycles. The van der Waals surface area contributed by atoms with Gasteiger partial charge < -0.3 is 15.2 Å². The van der Waals surface area contributed by atoms with E-state index in [0.29, 0.717) is 29.6 Å². The summed E-state index contributed by atoms with van der Waals surface area (Å²) in [6, 6.07) is 1.68. The van der Waals surface area contributed by atoms with Gasteiger partial charge in [-0.05, 0) is 57.9 Å². The van der Waals surface area contributed by atoms with Crippen molar-refractivity contribution in [3.63, 3.8) is 0 Å². The Morgan fingerprint density at radius 2 is 1.47 bits per heavy atom. The molecular weight excluding hydrogens is 661 g/mol. The normalized spacial score (nSPS) is 12.9. The van der Waals surface area contributed by atoms with Crippen LogP contribution in [0.5, 0.6) is 0 Å². The Morgan fingerprint density at radius 3 is 1.95 bits per heavy atom. The Bertz CT molecular complexity index is 1170. The van der Waals surface area contributed by atoms with E-state index in [9.17, 15) is 14.4 Å². The number of nitrogens with two attached hydrogens (primary N) is 1. The number of thiophene rings is 1. The number of nitriles is 1. The van der Waals surface area contributed by atoms with Gasteiger partial charge >= 0.3 is 11.9 Å². The van der Waals surface area contributed by atoms with E-state index < -0.39 is 5.97 Å². The zero-order chi connectivity index (χ0) is 28.6. The summed E-state index contributed by atoms with van der Waals surface area (Å²) in [5, 5.41) is 8.54. The first-order valence-corrected chi connectivity index (χ1v) is 21.9. The van der Waals surface area contributed by atoms with Crippen LogP contribution in [0, 0.1) is 11.3 Å². The minimum absolute atomic E-state index is 0.145. The number of aryl methyl sites for hydroxylation is 1. The summed E-state index contributed by atoms with van der Waals surface area (Å²) in [6.07, 6.45) is 9.48. The number of hydrogen-bond acceptors (Lipinski definition) is 10. The lowest BCUT2D eigenvalue weighted by Gasteiger charge is -2.11. The SMILES string of the molecule is CCOC(=O)CC#N.CCOC(=O)c1c(N)sc2c1CCCC2.O=C1CCCCC1.S=S=S=S=S=S=S=S. The number of carbonyl (C=O) groups excluding carboxylic acids is 3. The molecule has 1 aromatic rings. The van der Waals surface area contributed by atoms with Crippen LogP contribution in [0.3, 0.4) is 0 Å². The van der Waals surface area contributed by atoms with E-state index in [0.717, 1.165) is 50.5 Å². The predicted molar refractivity (Wildman–Crippen MR) is 175 cm³/mol. The molecule has 1 saturated carbocycles. The summed E-state index contributed by atoms with van der Waals surface area (Å²) < 4.78 is 9.44. The van der Waals surface area contributed by atoms with Gasteiger partial charge in [-0.15, -0.1) is 11.3 Å². The van der Waals surface area contributed by atoms with Crippen molar-refractivity contribution in [1.82, 2.24) is 0 Å². The van der Waals surface area contributed by atoms with Crippen molar-refractivity contribution in [2.45, 2.75) is 78.1 Å². The van der Waals surface area contributed by atoms with Crippen LogP contribution in [0.15, 0.2) is 0 Å². The van der Waals surface area contributed by atoms with E-state index in [1.54, 1.807) is 59.9 Å². The van der Waals surface area contributed by atoms with Crippen molar-refractivity contribution in [1.29, 1.82) is 5.26 Å². The molecule has 1 fully saturated rings. The van der Waals surface area contributed by atoms with Gasteiger partial charge in [-0.25, -0.2) is 4.79 Å². The van der Waals surface area contributed by atoms with Crippen molar-refractivity contribution in [3.8, 4) is 6.07 Å². The number of esters is 2. The van der Waals surface area contributed by atoms with Gasteiger partial charge in [0.25, 0.3) is 0 Å². The molecule has 0 radical (unpaired) electrons. The standard InChI is InChI=1S/C11H15NO2S.C6H10O.C5H7NO2.S8/c1-2-14-11(13)9-7-5-3-4-6-8(7)15-10(9)12;7-6-4-2-1-3-5-6;1-2-8-5(7)3-4-6;1-3-5-7-8-6-4-2/h2-6,12H2,1H3;1-5H2;2-3H2,1H3;. The maximum Gasteiger partial charge on any atom is 0.341 e. The Morgan fingerprint density at radius 1 is 0.921 bits per heavy atom. The zero-order valence-corrected chi connectivity index (χ0v) is 28.6. The minimum Gasteiger partial charge on any atom is -0.465 e. The summed E-state index contributed by atoms with van der Waals surface area (Å²) in [6.45, 7) is 4.27. The summed E-state index contributed by atoms with van der Waals surface area (Å²) in [5.41, 5.74) is 7.65. The lowest BCUT2D eigenvalue weighted by Crippen LogP contribution is -2.10. The van der Waals surface area contributed by atoms with Crippen molar-refractivity contribution in [2.24, 2.45) is 0 Å². The van der Waals surface area contributed by atoms with Crippen LogP contribution in [0.2, 0.25) is 0 Å². The molecule has 7 nitrogen and oxygen atoms in total. The highest BCUT2D eigenvalue weighted by Gasteiger charge is 2.24. The minimum atomic E-state index is -0.449. The molecule has 0 aromatic carbocycles. The Hall–Kier alpha value is -0.640. The first kappa shape index (κ1) is 37.4. The number of ether oxygens (including phenoxy) is 2. The highest BCUT2D eigenvalue weighted by atomic mass is 33.4. The molecule has 214 valence electrons. The fourth-order valence-corrected chi connectivity index (χ4v) is 15.4. The third-order valence-electron chi connectivity index (χ3n) is 4.76. The van der Waals surface area contributed by atoms with Crippen LogP contribution in [0.4, 0.5) is 5.00 Å². The van der Waals surface area contributed by atoms with Crippen LogP contribution in [-0.4, -0.2) is 30.9 Å². The first-order chi connectivity index (χ1) is 18.4. The van der Waals surface area contributed by atoms with Gasteiger partial charge in [0.05, 0.1) is 24.8 Å². The Labute approximate surface area is 255 Å². The number of rotatable bonds is 4. The van der Waals surface area contributed by atoms with E-state index in [1.165, 1.54) is 35.5 Å². The zero-order valence-electron chi connectivity index (χ0n) is 21.2. The van der Waals surface area contributed by atoms with Crippen LogP contribution >= 0.6 is 11.3 Å². The lowest BCUT2D eigenvalue weighted by atomic mass is 9.95. The Kier molecular flexibility index (Phi) is 24.9. The van der Waals surface area contributed by atoms with Crippen molar-refractivity contribution in [3.05, 3.63) is 16.0 Å². The van der Waals surface area contributed by atoms with Crippen LogP contribution in [0.25, 0.3) is 0 Å². The molecule has 0 amide bonds. The third kappa shape index (κ3) is 17.9. The van der Waals surface area contributed by atoms with Gasteiger partial charge in [0.1, 0.15) is 17.2 Å². The lowest BCUT2D eigenvalue weighted by molar-refractivity contribution is -0.141. The number of Topliss-reactive ketones (excluding diaryl/α,β-unsaturated/α-hetero) is 1. The van der Waals surface area contributed by atoms with Crippen LogP contribution < -0.4 is 5.73 Å². The number of fused-ring (bicyclic) bond motifs is 1. The highest BCUT2D eigenvalue weighted by Crippen LogP contribution is 2.36. The molecule has 2 N–H and O–H groups in total. The second kappa shape index (κ2) is 25.3. The number of nitrogen functional groups attached to an aromatic ring is 1. The van der Waals surface area contributed by atoms with Gasteiger partial charge in [-0.3, -0.25) is 9.59 Å². The van der Waals surface area contributed by atoms with Crippen molar-refractivity contribution in [2.75, 3.05) is 18.9 Å². The monoisotopic (exact) mass is 692 g/mol. The summed E-state index contributed by atoms with van der Waals surface area (Å²) >= 11 is 10.8. The number of ketones is 1. The van der Waals surface area contributed by atoms with Gasteiger partial charge in [0.15, 0.2) is 0 Å². The van der Waals surface area contributed by atoms with Gasteiger partial charge in [0.2, 0.25) is 0 Å². The maximum absolute atomic E-state index is 11.7. The molecule has 38 heavy (non-hydrogen) atoms. The second-order valence-corrected chi connectivity index (χ2v) is 19.1. The third-order valence-corrected chi connectivity index (χ3v) is 17.0. The first-order valence-electron chi connectivity index (χ1n) is 11.7. The van der Waals surface area contributed by atoms with Gasteiger partial charge in [0, 0.05) is 93.4 Å². The van der Waals surface area contributed by atoms with E-state index in [1.807, 2.05) is 6.92 Å². The molecule has 0 spiro atoms. The Balaban J connectivity index is 0.000000514. The van der Waals surface area contributed by atoms with Crippen LogP contribution in [0.1, 0.15) is 86.0 Å². The molecule has 0 aliphatic heterocycles. The molecule has 1 heterocycles. The van der Waals surface area contributed by atoms with Crippen LogP contribution in [-0.2, 0) is 108 Å². The predicted octanol–water partition coefficient (Wildman–Crippen LogP) is 4.35. The summed E-state index contributed by atoms with van der Waals surface area (Å²) in [5.74, 6) is -0.240. The van der Waals surface area contributed by atoms with E-state index in [-0.39, 0.29) is 12.4 Å². The number of anilines is 1. The largest absolute Gasteiger partial charge is 0.465 e. The fraction of sp³-hybridized carbons (Fsp3) is 0.636. The average Bonchev–Trinajstić information content (AvgIpc) is 3.24. The van der Waals surface area contributed by atoms with Gasteiger partial charge in [-0.1, -0.05) is 6.42 Å². The molecule has 3 rings (SSSR count). The smallest absolute Gasteiger partial charge is 0.341 e. The molecule has 0 atom stereocenters. The van der Waals surface area contributed by atoms with E-state index >= 15 is 0 Å². The molecule has 2 aliphatic carbocycles. The maximum atomic E-state index is 11.7. The molecule has 2 aliphatic rings. The molecule has 1 aromatic heterocycles. The summed E-state index contributed by atoms with van der Waals surface area (Å²) in [7, 11) is 9.12. The topological polar surface area (TPSA) is 119 Å². The number of hydrogen-bond donors (Lipinski definition) is 1. The molecule has 16 heteroatoms. The summed E-state index contributed by atoms with van der Waals surface area (Å²) in [4.78, 5) is 33.6. The van der Waals surface area contributed by atoms with E-state index in [2.05, 4.69) is 27.1 Å². The quantitative estimate of drug-likeness (QED) is 0.460. The molecule has 0 unspecified atom stereocenters. The average molecular weight is 693 g/mol. The van der Waals surface area contributed by atoms with E-state index in [4.69, 9.17) is 15.7 Å².